The molecule has 22 heavy (non-hydrogen) atoms. The minimum atomic E-state index is 0.419. The molecule has 2 heteroatoms. The molecular weight excluding hydrogens is 270 g/mol. The predicted octanol–water partition coefficient (Wildman–Crippen LogP) is 5.25. The topological polar surface area (TPSA) is 33.0 Å². The lowest BCUT2D eigenvalue weighted by Crippen LogP contribution is -2.03. The maximum atomic E-state index is 8.82. The van der Waals surface area contributed by atoms with Crippen LogP contribution in [0.3, 0.4) is 0 Å². The van der Waals surface area contributed by atoms with Gasteiger partial charge in [-0.1, -0.05) is 45.0 Å². The quantitative estimate of drug-likeness (QED) is 0.728. The molecule has 0 spiro atoms. The largest absolute Gasteiger partial charge is 0.494 e. The van der Waals surface area contributed by atoms with Gasteiger partial charge < -0.3 is 4.74 Å². The zero-order valence-corrected chi connectivity index (χ0v) is 13.5. The van der Waals surface area contributed by atoms with Crippen molar-refractivity contribution in [1.82, 2.24) is 0 Å². The van der Waals surface area contributed by atoms with E-state index >= 15 is 0 Å². The standard InChI is InChI=1S/C20H23NO/c1-15(2)18-8-10-20(11-9-18)22-13-12-16(3)19-6-4-17(14-21)5-7-19/h4-11,15-16H,12-13H2,1-3H3. The van der Waals surface area contributed by atoms with E-state index in [9.17, 15) is 0 Å². The summed E-state index contributed by atoms with van der Waals surface area (Å²) in [6, 6.07) is 18.3. The van der Waals surface area contributed by atoms with Crippen LogP contribution in [0.4, 0.5) is 0 Å². The van der Waals surface area contributed by atoms with E-state index in [1.165, 1.54) is 11.1 Å². The van der Waals surface area contributed by atoms with Crippen LogP contribution in [-0.4, -0.2) is 6.61 Å². The Morgan fingerprint density at radius 2 is 1.50 bits per heavy atom. The highest BCUT2D eigenvalue weighted by Gasteiger charge is 2.06. The summed E-state index contributed by atoms with van der Waals surface area (Å²) in [5, 5.41) is 8.82. The summed E-state index contributed by atoms with van der Waals surface area (Å²) in [6.45, 7) is 7.26. The van der Waals surface area contributed by atoms with Gasteiger partial charge in [0.15, 0.2) is 0 Å². The van der Waals surface area contributed by atoms with Gasteiger partial charge in [0, 0.05) is 0 Å². The van der Waals surface area contributed by atoms with E-state index in [1.807, 2.05) is 36.4 Å². The Labute approximate surface area is 133 Å². The van der Waals surface area contributed by atoms with Crippen LogP contribution >= 0.6 is 0 Å². The first kappa shape index (κ1) is 16.1. The van der Waals surface area contributed by atoms with E-state index in [4.69, 9.17) is 10.00 Å². The van der Waals surface area contributed by atoms with Crippen molar-refractivity contribution in [3.8, 4) is 11.8 Å². The maximum absolute atomic E-state index is 8.82. The number of hydrogen-bond acceptors (Lipinski definition) is 2. The van der Waals surface area contributed by atoms with Crippen molar-refractivity contribution in [2.45, 2.75) is 39.0 Å². The molecule has 0 N–H and O–H groups in total. The van der Waals surface area contributed by atoms with Crippen LogP contribution < -0.4 is 4.74 Å². The fourth-order valence-corrected chi connectivity index (χ4v) is 2.36. The molecule has 1 unspecified atom stereocenters. The van der Waals surface area contributed by atoms with Crippen LogP contribution in [0.5, 0.6) is 5.75 Å². The molecular formula is C20H23NO. The monoisotopic (exact) mass is 293 g/mol. The summed E-state index contributed by atoms with van der Waals surface area (Å²) in [5.41, 5.74) is 3.29. The maximum Gasteiger partial charge on any atom is 0.119 e. The number of hydrogen-bond donors (Lipinski definition) is 0. The van der Waals surface area contributed by atoms with E-state index in [-0.39, 0.29) is 0 Å². The van der Waals surface area contributed by atoms with Gasteiger partial charge in [-0.25, -0.2) is 0 Å². The highest BCUT2D eigenvalue weighted by molar-refractivity contribution is 5.33. The fourth-order valence-electron chi connectivity index (χ4n) is 2.36. The van der Waals surface area contributed by atoms with Crippen molar-refractivity contribution in [3.63, 3.8) is 0 Å². The normalized spacial score (nSPS) is 12.0. The fraction of sp³-hybridized carbons (Fsp3) is 0.350. The zero-order valence-electron chi connectivity index (χ0n) is 13.5. The Morgan fingerprint density at radius 3 is 2.05 bits per heavy atom. The van der Waals surface area contributed by atoms with Crippen LogP contribution in [0.25, 0.3) is 0 Å². The molecule has 2 nitrogen and oxygen atoms in total. The Bertz CT molecular complexity index is 620. The van der Waals surface area contributed by atoms with Gasteiger partial charge in [-0.05, 0) is 53.6 Å². The van der Waals surface area contributed by atoms with Gasteiger partial charge in [0.25, 0.3) is 0 Å². The highest BCUT2D eigenvalue weighted by atomic mass is 16.5. The third kappa shape index (κ3) is 4.36. The van der Waals surface area contributed by atoms with Gasteiger partial charge in [-0.3, -0.25) is 0 Å². The van der Waals surface area contributed by atoms with Crippen molar-refractivity contribution < 1.29 is 4.74 Å². The van der Waals surface area contributed by atoms with Crippen LogP contribution in [-0.2, 0) is 0 Å². The van der Waals surface area contributed by atoms with E-state index in [1.54, 1.807) is 0 Å². The molecule has 0 aliphatic carbocycles. The Morgan fingerprint density at radius 1 is 0.909 bits per heavy atom. The molecule has 0 aromatic heterocycles. The second-order valence-corrected chi connectivity index (χ2v) is 6.00. The molecule has 0 heterocycles. The molecule has 2 aromatic carbocycles. The Balaban J connectivity index is 1.83. The van der Waals surface area contributed by atoms with Gasteiger partial charge in [0.2, 0.25) is 0 Å². The molecule has 0 amide bonds. The number of nitrogens with zero attached hydrogens (tertiary/aromatic N) is 1. The second kappa shape index (κ2) is 7.66. The Kier molecular flexibility index (Phi) is 5.61. The van der Waals surface area contributed by atoms with E-state index < -0.39 is 0 Å². The van der Waals surface area contributed by atoms with Crippen molar-refractivity contribution in [2.24, 2.45) is 0 Å². The van der Waals surface area contributed by atoms with Gasteiger partial charge in [0.05, 0.1) is 18.2 Å². The summed E-state index contributed by atoms with van der Waals surface area (Å²) >= 11 is 0. The zero-order chi connectivity index (χ0) is 15.9. The first-order valence-corrected chi connectivity index (χ1v) is 7.83. The van der Waals surface area contributed by atoms with E-state index in [2.05, 4.69) is 39.0 Å². The molecule has 0 aliphatic rings. The average molecular weight is 293 g/mol. The average Bonchev–Trinajstić information content (AvgIpc) is 2.55. The summed E-state index contributed by atoms with van der Waals surface area (Å²) in [5.74, 6) is 1.89. The molecule has 2 rings (SSSR count). The summed E-state index contributed by atoms with van der Waals surface area (Å²) in [7, 11) is 0. The molecule has 0 saturated carbocycles. The van der Waals surface area contributed by atoms with Crippen molar-refractivity contribution in [1.29, 1.82) is 5.26 Å². The molecule has 0 bridgehead atoms. The van der Waals surface area contributed by atoms with E-state index in [0.29, 0.717) is 24.0 Å². The third-order valence-electron chi connectivity index (χ3n) is 3.98. The minimum Gasteiger partial charge on any atom is -0.494 e. The Hall–Kier alpha value is -2.27. The molecule has 114 valence electrons. The smallest absolute Gasteiger partial charge is 0.119 e. The summed E-state index contributed by atoms with van der Waals surface area (Å²) in [4.78, 5) is 0. The lowest BCUT2D eigenvalue weighted by Gasteiger charge is -2.13. The summed E-state index contributed by atoms with van der Waals surface area (Å²) < 4.78 is 5.83. The lowest BCUT2D eigenvalue weighted by molar-refractivity contribution is 0.300. The van der Waals surface area contributed by atoms with Crippen molar-refractivity contribution in [2.75, 3.05) is 6.61 Å². The van der Waals surface area contributed by atoms with E-state index in [0.717, 1.165) is 12.2 Å². The number of nitriles is 1. The summed E-state index contributed by atoms with van der Waals surface area (Å²) in [6.07, 6.45) is 0.956. The second-order valence-electron chi connectivity index (χ2n) is 6.00. The highest BCUT2D eigenvalue weighted by Crippen LogP contribution is 2.22. The SMILES string of the molecule is CC(C)c1ccc(OCCC(C)c2ccc(C#N)cc2)cc1. The van der Waals surface area contributed by atoms with Gasteiger partial charge in [0.1, 0.15) is 5.75 Å². The first-order chi connectivity index (χ1) is 10.6. The minimum absolute atomic E-state index is 0.419. The van der Waals surface area contributed by atoms with Crippen molar-refractivity contribution in [3.05, 3.63) is 65.2 Å². The number of ether oxygens (including phenoxy) is 1. The molecule has 0 radical (unpaired) electrons. The van der Waals surface area contributed by atoms with Crippen molar-refractivity contribution >= 4 is 0 Å². The lowest BCUT2D eigenvalue weighted by atomic mass is 9.97. The van der Waals surface area contributed by atoms with Crippen LogP contribution in [0.1, 0.15) is 55.7 Å². The van der Waals surface area contributed by atoms with Gasteiger partial charge in [-0.2, -0.15) is 5.26 Å². The molecule has 0 aliphatic heterocycles. The van der Waals surface area contributed by atoms with Gasteiger partial charge in [-0.15, -0.1) is 0 Å². The van der Waals surface area contributed by atoms with Gasteiger partial charge >= 0.3 is 0 Å². The van der Waals surface area contributed by atoms with Crippen LogP contribution in [0.2, 0.25) is 0 Å². The molecule has 0 fully saturated rings. The molecule has 2 aromatic rings. The first-order valence-electron chi connectivity index (χ1n) is 7.83. The number of benzene rings is 2. The number of rotatable bonds is 6. The van der Waals surface area contributed by atoms with Crippen LogP contribution in [0.15, 0.2) is 48.5 Å². The predicted molar refractivity (Wildman–Crippen MR) is 90.2 cm³/mol. The molecule has 1 atom stereocenters. The molecule has 0 saturated heterocycles. The third-order valence-corrected chi connectivity index (χ3v) is 3.98. The van der Waals surface area contributed by atoms with Crippen LogP contribution in [0, 0.1) is 11.3 Å².